The van der Waals surface area contributed by atoms with Crippen LogP contribution in [0.15, 0.2) is 30.5 Å². The van der Waals surface area contributed by atoms with Crippen LogP contribution in [0.1, 0.15) is 0 Å². The highest BCUT2D eigenvalue weighted by molar-refractivity contribution is 7.39. The number of nitrogens with zero attached hydrogens (tertiary/aromatic N) is 2. The Kier molecular flexibility index (Phi) is 4.38. The summed E-state index contributed by atoms with van der Waals surface area (Å²) in [5.41, 5.74) is 0.697. The lowest BCUT2D eigenvalue weighted by Crippen LogP contribution is -2.39. The molecule has 0 saturated heterocycles. The second-order valence-electron chi connectivity index (χ2n) is 3.49. The molecule has 1 heterocycles. The minimum atomic E-state index is -2.20. The molecule has 0 fully saturated rings. The van der Waals surface area contributed by atoms with E-state index in [0.717, 1.165) is 5.39 Å². The number of fused-ring (bicyclic) bond motifs is 1. The van der Waals surface area contributed by atoms with Crippen LogP contribution in [0.5, 0.6) is 5.75 Å². The highest BCUT2D eigenvalue weighted by atomic mass is 31.2. The molecule has 2 aromatic rings. The van der Waals surface area contributed by atoms with E-state index >= 15 is 0 Å². The van der Waals surface area contributed by atoms with E-state index in [2.05, 4.69) is 9.62 Å². The first-order valence-corrected chi connectivity index (χ1v) is 6.44. The summed E-state index contributed by atoms with van der Waals surface area (Å²) in [5, 5.41) is 14.0. The first-order valence-electron chi connectivity index (χ1n) is 5.34. The molecule has 0 aliphatic heterocycles. The standard InChI is InChI=1S/C11H13N2O4P/c1-16-18(15)17-11-8-13(6-7-14)12-10-5-3-2-4-9(10)11/h2-5,8,14H,6-7H2,1H3. The van der Waals surface area contributed by atoms with E-state index in [1.807, 2.05) is 24.3 Å². The van der Waals surface area contributed by atoms with Gasteiger partial charge in [0.05, 0.1) is 5.39 Å². The van der Waals surface area contributed by atoms with Crippen molar-refractivity contribution >= 4 is 19.5 Å². The van der Waals surface area contributed by atoms with Crippen molar-refractivity contribution in [3.05, 3.63) is 30.5 Å². The number of aliphatic hydroxyl groups excluding tert-OH is 1. The van der Waals surface area contributed by atoms with E-state index in [4.69, 9.17) is 9.63 Å². The Morgan fingerprint density at radius 1 is 1.44 bits per heavy atom. The summed E-state index contributed by atoms with van der Waals surface area (Å²) in [5.74, 6) is 0.414. The van der Waals surface area contributed by atoms with E-state index < -0.39 is 8.60 Å². The normalized spacial score (nSPS) is 12.6. The number of hydrogen-bond acceptors (Lipinski definition) is 5. The monoisotopic (exact) mass is 268 g/mol. The molecule has 18 heavy (non-hydrogen) atoms. The van der Waals surface area contributed by atoms with Gasteiger partial charge in [-0.05, 0) is 12.1 Å². The molecule has 7 heteroatoms. The topological polar surface area (TPSA) is 78.5 Å². The Morgan fingerprint density at radius 2 is 2.22 bits per heavy atom. The third-order valence-corrected chi connectivity index (χ3v) is 2.97. The molecular weight excluding hydrogens is 255 g/mol. The Labute approximate surface area is 105 Å². The lowest BCUT2D eigenvalue weighted by molar-refractivity contribution is -0.752. The molecule has 0 saturated carbocycles. The van der Waals surface area contributed by atoms with Gasteiger partial charge in [0.15, 0.2) is 12.3 Å². The number of aromatic nitrogens is 2. The van der Waals surface area contributed by atoms with Crippen molar-refractivity contribution in [1.82, 2.24) is 5.10 Å². The van der Waals surface area contributed by atoms with Gasteiger partial charge in [-0.3, -0.25) is 0 Å². The molecule has 1 unspecified atom stereocenters. The largest absolute Gasteiger partial charge is 0.776 e. The quantitative estimate of drug-likeness (QED) is 0.616. The van der Waals surface area contributed by atoms with Crippen LogP contribution in [0.25, 0.3) is 10.9 Å². The van der Waals surface area contributed by atoms with Crippen molar-refractivity contribution in [2.75, 3.05) is 13.7 Å². The number of rotatable bonds is 5. The van der Waals surface area contributed by atoms with Crippen LogP contribution in [-0.4, -0.2) is 23.9 Å². The summed E-state index contributed by atoms with van der Waals surface area (Å²) in [6, 6.07) is 7.32. The maximum atomic E-state index is 11.3. The second kappa shape index (κ2) is 6.02. The summed E-state index contributed by atoms with van der Waals surface area (Å²) in [4.78, 5) is 11.3. The summed E-state index contributed by atoms with van der Waals surface area (Å²) >= 11 is 0. The number of benzene rings is 1. The molecule has 1 N–H and O–H groups in total. The fourth-order valence-electron chi connectivity index (χ4n) is 1.55. The Morgan fingerprint density at radius 3 is 2.94 bits per heavy atom. The van der Waals surface area contributed by atoms with Crippen LogP contribution in [0.4, 0.5) is 0 Å². The minimum Gasteiger partial charge on any atom is -0.776 e. The number of aliphatic hydroxyl groups is 1. The van der Waals surface area contributed by atoms with Crippen LogP contribution < -0.4 is 14.1 Å². The van der Waals surface area contributed by atoms with Gasteiger partial charge in [0.25, 0.3) is 0 Å². The van der Waals surface area contributed by atoms with Crippen LogP contribution in [0, 0.1) is 0 Å². The molecule has 0 spiro atoms. The smallest absolute Gasteiger partial charge is 0.239 e. The third-order valence-electron chi connectivity index (χ3n) is 2.32. The fraction of sp³-hybridized carbons (Fsp3) is 0.273. The van der Waals surface area contributed by atoms with Crippen molar-refractivity contribution in [3.8, 4) is 5.75 Å². The zero-order valence-electron chi connectivity index (χ0n) is 9.81. The van der Waals surface area contributed by atoms with Crippen molar-refractivity contribution in [2.24, 2.45) is 0 Å². The molecule has 0 aliphatic carbocycles. The molecule has 1 aromatic heterocycles. The van der Waals surface area contributed by atoms with E-state index in [9.17, 15) is 4.89 Å². The van der Waals surface area contributed by atoms with Gasteiger partial charge in [0.1, 0.15) is 20.7 Å². The van der Waals surface area contributed by atoms with Crippen LogP contribution >= 0.6 is 8.60 Å². The van der Waals surface area contributed by atoms with Gasteiger partial charge in [-0.15, -0.1) is 0 Å². The molecule has 2 rings (SSSR count). The van der Waals surface area contributed by atoms with E-state index in [0.29, 0.717) is 17.8 Å². The molecule has 6 nitrogen and oxygen atoms in total. The molecule has 96 valence electrons. The van der Waals surface area contributed by atoms with E-state index in [1.54, 1.807) is 6.20 Å². The first kappa shape index (κ1) is 13.1. The van der Waals surface area contributed by atoms with Gasteiger partial charge >= 0.3 is 0 Å². The van der Waals surface area contributed by atoms with Crippen molar-refractivity contribution < 1.29 is 23.7 Å². The molecule has 0 aliphatic rings. The highest BCUT2D eigenvalue weighted by Crippen LogP contribution is 2.33. The Bertz CT molecular complexity index is 537. The molecule has 0 amide bonds. The highest BCUT2D eigenvalue weighted by Gasteiger charge is 2.13. The van der Waals surface area contributed by atoms with Crippen LogP contribution in [0.2, 0.25) is 0 Å². The average Bonchev–Trinajstić information content (AvgIpc) is 2.39. The lowest BCUT2D eigenvalue weighted by Gasteiger charge is -2.19. The summed E-state index contributed by atoms with van der Waals surface area (Å²) < 4.78 is 11.4. The van der Waals surface area contributed by atoms with E-state index in [-0.39, 0.29) is 6.61 Å². The van der Waals surface area contributed by atoms with Gasteiger partial charge < -0.3 is 19.0 Å². The summed E-state index contributed by atoms with van der Waals surface area (Å²) in [6.07, 6.45) is 1.59. The van der Waals surface area contributed by atoms with Gasteiger partial charge in [-0.25, -0.2) is 0 Å². The zero-order valence-corrected chi connectivity index (χ0v) is 10.7. The Hall–Kier alpha value is -1.33. The molecular formula is C11H13N2O4P. The molecule has 1 atom stereocenters. The van der Waals surface area contributed by atoms with Crippen LogP contribution in [-0.2, 0) is 11.1 Å². The molecule has 0 radical (unpaired) electrons. The fourth-order valence-corrected chi connectivity index (χ4v) is 1.93. The first-order chi connectivity index (χ1) is 8.74. The lowest BCUT2D eigenvalue weighted by atomic mass is 10.2. The van der Waals surface area contributed by atoms with Gasteiger partial charge in [0.2, 0.25) is 6.20 Å². The molecule has 0 bridgehead atoms. The van der Waals surface area contributed by atoms with E-state index in [1.165, 1.54) is 11.8 Å². The van der Waals surface area contributed by atoms with Crippen molar-refractivity contribution in [2.45, 2.75) is 6.54 Å². The maximum Gasteiger partial charge on any atom is 0.239 e. The molecule has 1 aromatic carbocycles. The maximum absolute atomic E-state index is 11.3. The Balaban J connectivity index is 2.46. The summed E-state index contributed by atoms with van der Waals surface area (Å²) in [6.45, 7) is 0.302. The third kappa shape index (κ3) is 2.91. The van der Waals surface area contributed by atoms with Crippen molar-refractivity contribution in [3.63, 3.8) is 0 Å². The SMILES string of the molecule is COP([O-])Oc1c[n+](CCO)nc2ccccc12. The average molecular weight is 268 g/mol. The predicted octanol–water partition coefficient (Wildman–Crippen LogP) is 0.127. The minimum absolute atomic E-state index is 0.0359. The van der Waals surface area contributed by atoms with Crippen LogP contribution in [0.3, 0.4) is 0 Å². The van der Waals surface area contributed by atoms with Gasteiger partial charge in [-0.1, -0.05) is 16.8 Å². The van der Waals surface area contributed by atoms with Gasteiger partial charge in [-0.2, -0.15) is 0 Å². The summed E-state index contributed by atoms with van der Waals surface area (Å²) in [7, 11) is -0.894. The van der Waals surface area contributed by atoms with Crippen molar-refractivity contribution in [1.29, 1.82) is 0 Å². The zero-order chi connectivity index (χ0) is 13.0. The second-order valence-corrected chi connectivity index (χ2v) is 4.49. The predicted molar refractivity (Wildman–Crippen MR) is 63.6 cm³/mol. The number of hydrogen-bond donors (Lipinski definition) is 1. The van der Waals surface area contributed by atoms with Gasteiger partial charge in [0, 0.05) is 12.2 Å².